The van der Waals surface area contributed by atoms with Gasteiger partial charge in [0.25, 0.3) is 0 Å². The average molecular weight is 266 g/mol. The van der Waals surface area contributed by atoms with E-state index in [4.69, 9.17) is 15.2 Å². The third kappa shape index (κ3) is 4.79. The van der Waals surface area contributed by atoms with E-state index < -0.39 is 0 Å². The van der Waals surface area contributed by atoms with E-state index in [0.717, 1.165) is 17.1 Å². The maximum absolute atomic E-state index is 11.4. The van der Waals surface area contributed by atoms with E-state index in [-0.39, 0.29) is 5.91 Å². The van der Waals surface area contributed by atoms with Gasteiger partial charge in [-0.25, -0.2) is 0 Å². The number of ether oxygens (including phenoxy) is 2. The van der Waals surface area contributed by atoms with Crippen molar-refractivity contribution in [2.45, 2.75) is 19.4 Å². The summed E-state index contributed by atoms with van der Waals surface area (Å²) in [6.07, 6.45) is 1.17. The second-order valence-electron chi connectivity index (χ2n) is 4.42. The Morgan fingerprint density at radius 3 is 2.68 bits per heavy atom. The van der Waals surface area contributed by atoms with Crippen LogP contribution in [-0.4, -0.2) is 38.6 Å². The summed E-state index contributed by atoms with van der Waals surface area (Å²) < 4.78 is 10.8. The first-order valence-electron chi connectivity index (χ1n) is 6.28. The molecule has 0 aliphatic carbocycles. The standard InChI is InChI=1S/C14H22N2O3/c1-16(2)14(17)5-4-8-19-13-7-6-12(18-3)9-11(13)10-15/h6-7,9H,4-5,8,10,15H2,1-3H3. The Bertz CT molecular complexity index is 419. The van der Waals surface area contributed by atoms with Gasteiger partial charge in [0.2, 0.25) is 5.91 Å². The Morgan fingerprint density at radius 1 is 1.37 bits per heavy atom. The monoisotopic (exact) mass is 266 g/mol. The molecule has 19 heavy (non-hydrogen) atoms. The summed E-state index contributed by atoms with van der Waals surface area (Å²) in [6.45, 7) is 0.891. The Morgan fingerprint density at radius 2 is 2.11 bits per heavy atom. The van der Waals surface area contributed by atoms with E-state index in [1.165, 1.54) is 0 Å². The van der Waals surface area contributed by atoms with Crippen LogP contribution in [0.3, 0.4) is 0 Å². The zero-order chi connectivity index (χ0) is 14.3. The normalized spacial score (nSPS) is 10.1. The molecule has 0 spiro atoms. The average Bonchev–Trinajstić information content (AvgIpc) is 2.43. The number of hydrogen-bond donors (Lipinski definition) is 1. The smallest absolute Gasteiger partial charge is 0.222 e. The maximum atomic E-state index is 11.4. The molecule has 0 aliphatic heterocycles. The van der Waals surface area contributed by atoms with Crippen LogP contribution in [0.2, 0.25) is 0 Å². The minimum atomic E-state index is 0.109. The lowest BCUT2D eigenvalue weighted by Crippen LogP contribution is -2.21. The van der Waals surface area contributed by atoms with Crippen LogP contribution >= 0.6 is 0 Å². The molecule has 0 saturated heterocycles. The molecule has 5 heteroatoms. The van der Waals surface area contributed by atoms with Gasteiger partial charge in [0.05, 0.1) is 13.7 Å². The molecule has 0 atom stereocenters. The van der Waals surface area contributed by atoms with Crippen molar-refractivity contribution in [2.24, 2.45) is 5.73 Å². The Balaban J connectivity index is 2.47. The van der Waals surface area contributed by atoms with Gasteiger partial charge in [-0.3, -0.25) is 4.79 Å². The number of rotatable bonds is 7. The van der Waals surface area contributed by atoms with Crippen molar-refractivity contribution in [3.63, 3.8) is 0 Å². The highest BCUT2D eigenvalue weighted by Gasteiger charge is 2.06. The highest BCUT2D eigenvalue weighted by molar-refractivity contribution is 5.75. The van der Waals surface area contributed by atoms with E-state index in [2.05, 4.69) is 0 Å². The van der Waals surface area contributed by atoms with Crippen LogP contribution in [0.4, 0.5) is 0 Å². The van der Waals surface area contributed by atoms with Crippen molar-refractivity contribution >= 4 is 5.91 Å². The van der Waals surface area contributed by atoms with Gasteiger partial charge in [-0.2, -0.15) is 0 Å². The Hall–Kier alpha value is -1.75. The van der Waals surface area contributed by atoms with Crippen LogP contribution in [-0.2, 0) is 11.3 Å². The third-order valence-corrected chi connectivity index (χ3v) is 2.78. The van der Waals surface area contributed by atoms with Gasteiger partial charge in [0.15, 0.2) is 0 Å². The van der Waals surface area contributed by atoms with Gasteiger partial charge in [-0.05, 0) is 24.6 Å². The van der Waals surface area contributed by atoms with Crippen LogP contribution < -0.4 is 15.2 Å². The second-order valence-corrected chi connectivity index (χ2v) is 4.42. The number of carbonyl (C=O) groups is 1. The molecular formula is C14H22N2O3. The van der Waals surface area contributed by atoms with E-state index in [1.807, 2.05) is 18.2 Å². The molecule has 0 fully saturated rings. The maximum Gasteiger partial charge on any atom is 0.222 e. The largest absolute Gasteiger partial charge is 0.497 e. The molecule has 0 saturated carbocycles. The topological polar surface area (TPSA) is 64.8 Å². The fourth-order valence-electron chi connectivity index (χ4n) is 1.61. The predicted molar refractivity (Wildman–Crippen MR) is 74.3 cm³/mol. The van der Waals surface area contributed by atoms with Crippen molar-refractivity contribution in [1.29, 1.82) is 0 Å². The van der Waals surface area contributed by atoms with Crippen LogP contribution in [0.5, 0.6) is 11.5 Å². The summed E-state index contributed by atoms with van der Waals surface area (Å²) in [4.78, 5) is 13.0. The van der Waals surface area contributed by atoms with E-state index >= 15 is 0 Å². The lowest BCUT2D eigenvalue weighted by molar-refractivity contribution is -0.128. The fraction of sp³-hybridized carbons (Fsp3) is 0.500. The molecule has 0 radical (unpaired) electrons. The summed E-state index contributed by atoms with van der Waals surface area (Å²) in [5.74, 6) is 1.62. The number of nitrogens with two attached hydrogens (primary N) is 1. The van der Waals surface area contributed by atoms with Gasteiger partial charge in [-0.15, -0.1) is 0 Å². The summed E-state index contributed by atoms with van der Waals surface area (Å²) >= 11 is 0. The third-order valence-electron chi connectivity index (χ3n) is 2.78. The van der Waals surface area contributed by atoms with E-state index in [9.17, 15) is 4.79 Å². The highest BCUT2D eigenvalue weighted by Crippen LogP contribution is 2.23. The molecule has 1 aromatic carbocycles. The Kier molecular flexibility index (Phi) is 6.15. The van der Waals surface area contributed by atoms with Gasteiger partial charge in [-0.1, -0.05) is 0 Å². The van der Waals surface area contributed by atoms with E-state index in [0.29, 0.717) is 26.0 Å². The summed E-state index contributed by atoms with van der Waals surface area (Å²) in [6, 6.07) is 5.54. The molecule has 1 rings (SSSR count). The van der Waals surface area contributed by atoms with Crippen LogP contribution in [0, 0.1) is 0 Å². The number of methoxy groups -OCH3 is 1. The number of nitrogens with zero attached hydrogens (tertiary/aromatic N) is 1. The number of hydrogen-bond acceptors (Lipinski definition) is 4. The second kappa shape index (κ2) is 7.63. The van der Waals surface area contributed by atoms with Gasteiger partial charge < -0.3 is 20.1 Å². The molecule has 0 aliphatic rings. The minimum absolute atomic E-state index is 0.109. The van der Waals surface area contributed by atoms with Gasteiger partial charge in [0.1, 0.15) is 11.5 Å². The molecule has 1 aromatic rings. The molecule has 5 nitrogen and oxygen atoms in total. The molecule has 2 N–H and O–H groups in total. The van der Waals surface area contributed by atoms with Crippen molar-refractivity contribution < 1.29 is 14.3 Å². The minimum Gasteiger partial charge on any atom is -0.497 e. The predicted octanol–water partition coefficient (Wildman–Crippen LogP) is 1.40. The van der Waals surface area contributed by atoms with Crippen LogP contribution in [0.1, 0.15) is 18.4 Å². The zero-order valence-corrected chi connectivity index (χ0v) is 11.8. The molecule has 106 valence electrons. The lowest BCUT2D eigenvalue weighted by Gasteiger charge is -2.13. The fourth-order valence-corrected chi connectivity index (χ4v) is 1.61. The van der Waals surface area contributed by atoms with Gasteiger partial charge >= 0.3 is 0 Å². The highest BCUT2D eigenvalue weighted by atomic mass is 16.5. The molecule has 0 unspecified atom stereocenters. The quantitative estimate of drug-likeness (QED) is 0.758. The summed E-state index contributed by atoms with van der Waals surface area (Å²) in [5.41, 5.74) is 6.57. The summed E-state index contributed by atoms with van der Waals surface area (Å²) in [7, 11) is 5.11. The van der Waals surface area contributed by atoms with Crippen LogP contribution in [0.15, 0.2) is 18.2 Å². The van der Waals surface area contributed by atoms with Crippen molar-refractivity contribution in [2.75, 3.05) is 27.8 Å². The zero-order valence-electron chi connectivity index (χ0n) is 11.8. The molecule has 0 aromatic heterocycles. The Labute approximate surface area is 114 Å². The first kappa shape index (κ1) is 15.3. The van der Waals surface area contributed by atoms with E-state index in [1.54, 1.807) is 26.1 Å². The SMILES string of the molecule is COc1ccc(OCCCC(=O)N(C)C)c(CN)c1. The molecule has 0 bridgehead atoms. The van der Waals surface area contributed by atoms with Crippen molar-refractivity contribution in [3.8, 4) is 11.5 Å². The number of carbonyl (C=O) groups excluding carboxylic acids is 1. The lowest BCUT2D eigenvalue weighted by atomic mass is 10.2. The number of amides is 1. The first-order chi connectivity index (χ1) is 9.08. The molecule has 1 amide bonds. The number of benzene rings is 1. The van der Waals surface area contributed by atoms with Gasteiger partial charge in [0, 0.05) is 32.6 Å². The van der Waals surface area contributed by atoms with Crippen LogP contribution in [0.25, 0.3) is 0 Å². The summed E-state index contributed by atoms with van der Waals surface area (Å²) in [5, 5.41) is 0. The van der Waals surface area contributed by atoms with Crippen molar-refractivity contribution in [3.05, 3.63) is 23.8 Å². The molecular weight excluding hydrogens is 244 g/mol. The van der Waals surface area contributed by atoms with Crippen molar-refractivity contribution in [1.82, 2.24) is 4.90 Å². The molecule has 0 heterocycles. The first-order valence-corrected chi connectivity index (χ1v) is 6.28.